The fourth-order valence-corrected chi connectivity index (χ4v) is 8.39. The number of carbonyl (C=O) groups excluding carboxylic acids is 3. The van der Waals surface area contributed by atoms with E-state index in [1.165, 1.54) is 0 Å². The number of esters is 1. The van der Waals surface area contributed by atoms with Crippen LogP contribution in [-0.2, 0) is 33.3 Å². The minimum atomic E-state index is -1.46. The number of rotatable bonds is 6. The minimum Gasteiger partial charge on any atom is -0.463 e. The Hall–Kier alpha value is -1.67. The highest BCUT2D eigenvalue weighted by Gasteiger charge is 2.52. The van der Waals surface area contributed by atoms with Crippen LogP contribution in [0.25, 0.3) is 0 Å². The van der Waals surface area contributed by atoms with Crippen LogP contribution in [0.2, 0.25) is 0 Å². The number of likely N-dealkylation sites (tertiary alicyclic amines) is 2. The Morgan fingerprint density at radius 2 is 1.70 bits per heavy atom. The van der Waals surface area contributed by atoms with Gasteiger partial charge in [-0.15, -0.1) is 0 Å². The molecule has 4 saturated heterocycles. The van der Waals surface area contributed by atoms with E-state index in [0.717, 1.165) is 19.5 Å². The van der Waals surface area contributed by atoms with Crippen molar-refractivity contribution in [2.45, 2.75) is 103 Å². The van der Waals surface area contributed by atoms with Crippen molar-refractivity contribution in [3.8, 4) is 0 Å². The number of ether oxygens (including phenoxy) is 4. The summed E-state index contributed by atoms with van der Waals surface area (Å²) in [6.45, 7) is 14.8. The van der Waals surface area contributed by atoms with E-state index in [4.69, 9.17) is 18.9 Å². The number of amides is 1. The molecule has 4 heterocycles. The summed E-state index contributed by atoms with van der Waals surface area (Å²) in [6, 6.07) is -0.302. The lowest BCUT2D eigenvalue weighted by Crippen LogP contribution is -2.60. The summed E-state index contributed by atoms with van der Waals surface area (Å²) >= 11 is 0. The third kappa shape index (κ3) is 8.22. The molecule has 0 unspecified atom stereocenters. The number of Topliss-reactive ketones (excluding diaryl/α,β-unsaturated/α-hetero) is 1. The van der Waals surface area contributed by atoms with Gasteiger partial charge in [0.25, 0.3) is 0 Å². The summed E-state index contributed by atoms with van der Waals surface area (Å²) in [5.41, 5.74) is -2.41. The van der Waals surface area contributed by atoms with E-state index < -0.39 is 41.4 Å². The molecule has 0 bridgehead atoms. The molecule has 0 spiro atoms. The van der Waals surface area contributed by atoms with Gasteiger partial charge in [-0.3, -0.25) is 19.3 Å². The van der Waals surface area contributed by atoms with Crippen molar-refractivity contribution in [3.05, 3.63) is 0 Å². The predicted molar refractivity (Wildman–Crippen MR) is 178 cm³/mol. The molecule has 0 aromatic carbocycles. The van der Waals surface area contributed by atoms with Gasteiger partial charge in [-0.05, 0) is 87.6 Å². The fourth-order valence-electron chi connectivity index (χ4n) is 8.39. The predicted octanol–water partition coefficient (Wildman–Crippen LogP) is 1.73. The Kier molecular flexibility index (Phi) is 12.2. The van der Waals surface area contributed by atoms with Gasteiger partial charge in [-0.25, -0.2) is 0 Å². The first-order chi connectivity index (χ1) is 21.9. The van der Waals surface area contributed by atoms with Gasteiger partial charge in [0.05, 0.1) is 23.7 Å². The van der Waals surface area contributed by atoms with Crippen LogP contribution in [0.15, 0.2) is 0 Å². The molecule has 4 rings (SSSR count). The number of likely N-dealkylation sites (N-methyl/N-ethyl adjacent to an activating group) is 2. The largest absolute Gasteiger partial charge is 0.463 e. The second-order valence-corrected chi connectivity index (χ2v) is 16.1. The molecule has 270 valence electrons. The highest BCUT2D eigenvalue weighted by Crippen LogP contribution is 2.39. The Morgan fingerprint density at radius 3 is 2.28 bits per heavy atom. The lowest BCUT2D eigenvalue weighted by molar-refractivity contribution is -0.295. The second kappa shape index (κ2) is 15.1. The van der Waals surface area contributed by atoms with Gasteiger partial charge < -0.3 is 38.8 Å². The Bertz CT molecular complexity index is 1120. The van der Waals surface area contributed by atoms with E-state index in [1.54, 1.807) is 27.9 Å². The number of nitrogens with zero attached hydrogens (tertiary/aromatic N) is 4. The van der Waals surface area contributed by atoms with Crippen LogP contribution in [0.5, 0.6) is 0 Å². The smallest absolute Gasteiger partial charge is 0.319 e. The van der Waals surface area contributed by atoms with Crippen LogP contribution in [-0.4, -0.2) is 159 Å². The van der Waals surface area contributed by atoms with Gasteiger partial charge in [0, 0.05) is 57.2 Å². The molecule has 47 heavy (non-hydrogen) atoms. The van der Waals surface area contributed by atoms with E-state index in [0.29, 0.717) is 32.5 Å². The van der Waals surface area contributed by atoms with Gasteiger partial charge in [0.15, 0.2) is 12.1 Å². The molecule has 0 radical (unpaired) electrons. The zero-order chi connectivity index (χ0) is 35.0. The van der Waals surface area contributed by atoms with Crippen LogP contribution in [0, 0.1) is 29.1 Å². The normalized spacial score (nSPS) is 40.4. The molecule has 1 N–H and O–H groups in total. The summed E-state index contributed by atoms with van der Waals surface area (Å²) in [6.07, 6.45) is -0.840. The van der Waals surface area contributed by atoms with Crippen LogP contribution < -0.4 is 0 Å². The molecule has 10 atom stereocenters. The molecular weight excluding hydrogens is 604 g/mol. The van der Waals surface area contributed by atoms with Crippen molar-refractivity contribution in [1.82, 2.24) is 19.6 Å². The molecule has 4 aliphatic heterocycles. The standard InChI is InChI=1S/C35H62N4O8/c1-21-15-35(6,44-11)30(47-32-28(40)26(36(7)8)14-22(2)46-32)23(3)29(41)34(4,5)33(43)45-20-27(38(10)16-21)25-18-39(19-25)31(42)24-12-13-37(9)17-24/h21-28,30,32,40H,12-20H2,1-11H3/t21-,22-,23+,24+,26+,27+,28-,30-,32+,35-/m1/s1. The zero-order valence-electron chi connectivity index (χ0n) is 30.7. The first-order valence-corrected chi connectivity index (χ1v) is 17.5. The van der Waals surface area contributed by atoms with Crippen molar-refractivity contribution < 1.29 is 38.4 Å². The molecule has 12 heteroatoms. The molecule has 12 nitrogen and oxygen atoms in total. The average molecular weight is 667 g/mol. The number of aliphatic hydroxyl groups is 1. The molecule has 0 saturated carbocycles. The van der Waals surface area contributed by atoms with Crippen molar-refractivity contribution in [2.24, 2.45) is 29.1 Å². The van der Waals surface area contributed by atoms with Crippen molar-refractivity contribution in [1.29, 1.82) is 0 Å². The summed E-state index contributed by atoms with van der Waals surface area (Å²) in [4.78, 5) is 49.4. The first kappa shape index (κ1) is 38.1. The van der Waals surface area contributed by atoms with Gasteiger partial charge in [-0.1, -0.05) is 13.8 Å². The molecule has 4 aliphatic rings. The Labute approximate surface area is 282 Å². The van der Waals surface area contributed by atoms with Crippen LogP contribution in [0.4, 0.5) is 0 Å². The number of hydrogen-bond acceptors (Lipinski definition) is 11. The van der Waals surface area contributed by atoms with Crippen molar-refractivity contribution >= 4 is 17.7 Å². The fraction of sp³-hybridized carbons (Fsp3) is 0.914. The minimum absolute atomic E-state index is 0.0457. The lowest BCUT2D eigenvalue weighted by Gasteiger charge is -2.48. The average Bonchev–Trinajstić information content (AvgIpc) is 3.42. The Morgan fingerprint density at radius 1 is 1.04 bits per heavy atom. The summed E-state index contributed by atoms with van der Waals surface area (Å²) < 4.78 is 25.0. The van der Waals surface area contributed by atoms with Crippen molar-refractivity contribution in [3.63, 3.8) is 0 Å². The van der Waals surface area contributed by atoms with Gasteiger partial charge in [-0.2, -0.15) is 0 Å². The van der Waals surface area contributed by atoms with E-state index in [2.05, 4.69) is 16.7 Å². The van der Waals surface area contributed by atoms with Gasteiger partial charge in [0.2, 0.25) is 5.91 Å². The highest BCUT2D eigenvalue weighted by atomic mass is 16.7. The third-order valence-electron chi connectivity index (χ3n) is 11.4. The van der Waals surface area contributed by atoms with E-state index in [1.807, 2.05) is 51.8 Å². The quantitative estimate of drug-likeness (QED) is 0.330. The van der Waals surface area contributed by atoms with Crippen LogP contribution >= 0.6 is 0 Å². The lowest BCUT2D eigenvalue weighted by atomic mass is 9.74. The maximum absolute atomic E-state index is 14.2. The molecule has 4 fully saturated rings. The summed E-state index contributed by atoms with van der Waals surface area (Å²) in [5, 5.41) is 11.3. The number of hydrogen-bond donors (Lipinski definition) is 1. The number of carbonyl (C=O) groups is 3. The molecule has 0 aromatic rings. The van der Waals surface area contributed by atoms with E-state index in [-0.39, 0.29) is 54.2 Å². The monoisotopic (exact) mass is 666 g/mol. The van der Waals surface area contributed by atoms with E-state index in [9.17, 15) is 19.5 Å². The Balaban J connectivity index is 1.58. The first-order valence-electron chi connectivity index (χ1n) is 17.5. The third-order valence-corrected chi connectivity index (χ3v) is 11.4. The number of aliphatic hydroxyl groups excluding tert-OH is 1. The number of ketones is 1. The highest BCUT2D eigenvalue weighted by molar-refractivity contribution is 6.04. The molecule has 0 aliphatic carbocycles. The topological polar surface area (TPSA) is 121 Å². The number of methoxy groups -OCH3 is 1. The SMILES string of the molecule is CO[C@]1(C)C[C@@H](C)CN(C)[C@H](C2CN(C(=O)[C@H]3CCN(C)C3)C2)COC(=O)C(C)(C)C(=O)[C@H](C)[C@H]1O[C@@H]1O[C@H](C)C[C@H](N(C)C)[C@H]1O. The van der Waals surface area contributed by atoms with Crippen molar-refractivity contribution in [2.75, 3.05) is 74.6 Å². The van der Waals surface area contributed by atoms with Gasteiger partial charge in [0.1, 0.15) is 18.1 Å². The van der Waals surface area contributed by atoms with Crippen LogP contribution in [0.1, 0.15) is 60.8 Å². The maximum Gasteiger partial charge on any atom is 0.319 e. The maximum atomic E-state index is 14.2. The molecule has 1 amide bonds. The van der Waals surface area contributed by atoms with E-state index >= 15 is 0 Å². The number of cyclic esters (lactones) is 1. The zero-order valence-corrected chi connectivity index (χ0v) is 30.7. The summed E-state index contributed by atoms with van der Waals surface area (Å²) in [5.74, 6) is -1.19. The molecule has 0 aromatic heterocycles. The second-order valence-electron chi connectivity index (χ2n) is 16.1. The molecular formula is C35H62N4O8. The summed E-state index contributed by atoms with van der Waals surface area (Å²) in [7, 11) is 9.54. The van der Waals surface area contributed by atoms with Crippen LogP contribution in [0.3, 0.4) is 0 Å². The van der Waals surface area contributed by atoms with Gasteiger partial charge >= 0.3 is 5.97 Å².